The molecular weight excluding hydrogens is 250 g/mol. The van der Waals surface area contributed by atoms with Crippen molar-refractivity contribution in [1.29, 1.82) is 0 Å². The zero-order chi connectivity index (χ0) is 13.2. The quantitative estimate of drug-likeness (QED) is 0.887. The van der Waals surface area contributed by atoms with Crippen LogP contribution in [0.4, 0.5) is 0 Å². The smallest absolute Gasteiger partial charge is 0.244 e. The molecule has 6 heteroatoms. The molecule has 0 radical (unpaired) electrons. The van der Waals surface area contributed by atoms with Gasteiger partial charge in [-0.15, -0.1) is 0 Å². The van der Waals surface area contributed by atoms with Crippen molar-refractivity contribution in [3.8, 4) is 0 Å². The number of likely N-dealkylation sites (N-methyl/N-ethyl adjacent to an activating group) is 1. The number of rotatable bonds is 3. The molecule has 1 heterocycles. The lowest BCUT2D eigenvalue weighted by atomic mass is 9.91. The fourth-order valence-electron chi connectivity index (χ4n) is 2.44. The standard InChI is InChI=1S/C12H19N3O2S/c1-15(12-7-3-2-6-11(12)13)18(16,17)10-5-4-8-14-9-10/h4-5,8-9,11-12H,2-3,6-7,13H2,1H3. The maximum Gasteiger partial charge on any atom is 0.244 e. The van der Waals surface area contributed by atoms with Gasteiger partial charge in [-0.05, 0) is 25.0 Å². The van der Waals surface area contributed by atoms with Gasteiger partial charge in [0.1, 0.15) is 4.90 Å². The zero-order valence-corrected chi connectivity index (χ0v) is 11.3. The average molecular weight is 269 g/mol. The van der Waals surface area contributed by atoms with Gasteiger partial charge in [0.25, 0.3) is 0 Å². The number of aromatic nitrogens is 1. The predicted molar refractivity (Wildman–Crippen MR) is 69.4 cm³/mol. The fourth-order valence-corrected chi connectivity index (χ4v) is 3.83. The van der Waals surface area contributed by atoms with Crippen LogP contribution in [0, 0.1) is 0 Å². The predicted octanol–water partition coefficient (Wildman–Crippen LogP) is 0.972. The van der Waals surface area contributed by atoms with E-state index in [0.29, 0.717) is 0 Å². The van der Waals surface area contributed by atoms with Gasteiger partial charge in [-0.1, -0.05) is 12.8 Å². The van der Waals surface area contributed by atoms with E-state index in [1.54, 1.807) is 25.4 Å². The largest absolute Gasteiger partial charge is 0.326 e. The topological polar surface area (TPSA) is 76.3 Å². The van der Waals surface area contributed by atoms with E-state index in [0.717, 1.165) is 25.7 Å². The van der Waals surface area contributed by atoms with Gasteiger partial charge in [-0.2, -0.15) is 4.31 Å². The van der Waals surface area contributed by atoms with E-state index < -0.39 is 10.0 Å². The van der Waals surface area contributed by atoms with Crippen LogP contribution >= 0.6 is 0 Å². The van der Waals surface area contributed by atoms with Crippen molar-refractivity contribution in [2.75, 3.05) is 7.05 Å². The molecule has 0 saturated heterocycles. The lowest BCUT2D eigenvalue weighted by Crippen LogP contribution is -2.50. The van der Waals surface area contributed by atoms with Crippen LogP contribution in [0.5, 0.6) is 0 Å². The monoisotopic (exact) mass is 269 g/mol. The minimum Gasteiger partial charge on any atom is -0.326 e. The van der Waals surface area contributed by atoms with E-state index in [4.69, 9.17) is 5.73 Å². The molecule has 2 unspecified atom stereocenters. The molecule has 0 aliphatic heterocycles. The van der Waals surface area contributed by atoms with Gasteiger partial charge < -0.3 is 5.73 Å². The van der Waals surface area contributed by atoms with Crippen LogP contribution < -0.4 is 5.73 Å². The molecule has 1 aromatic rings. The first-order valence-electron chi connectivity index (χ1n) is 6.17. The van der Waals surface area contributed by atoms with Crippen molar-refractivity contribution in [3.63, 3.8) is 0 Å². The van der Waals surface area contributed by atoms with Crippen LogP contribution in [0.3, 0.4) is 0 Å². The average Bonchev–Trinajstić information content (AvgIpc) is 2.39. The summed E-state index contributed by atoms with van der Waals surface area (Å²) in [4.78, 5) is 4.09. The normalized spacial score (nSPS) is 25.3. The third-order valence-corrected chi connectivity index (χ3v) is 5.43. The molecule has 1 aromatic heterocycles. The maximum atomic E-state index is 12.4. The first kappa shape index (κ1) is 13.5. The van der Waals surface area contributed by atoms with E-state index >= 15 is 0 Å². The molecule has 2 atom stereocenters. The summed E-state index contributed by atoms with van der Waals surface area (Å²) in [7, 11) is -1.87. The second-order valence-corrected chi connectivity index (χ2v) is 6.72. The van der Waals surface area contributed by atoms with E-state index in [1.807, 2.05) is 0 Å². The molecule has 0 bridgehead atoms. The van der Waals surface area contributed by atoms with Crippen LogP contribution in [0.2, 0.25) is 0 Å². The van der Waals surface area contributed by atoms with Gasteiger partial charge in [-0.3, -0.25) is 4.98 Å². The van der Waals surface area contributed by atoms with Crippen molar-refractivity contribution in [1.82, 2.24) is 9.29 Å². The number of hydrogen-bond acceptors (Lipinski definition) is 4. The molecule has 5 nitrogen and oxygen atoms in total. The Bertz CT molecular complexity index is 489. The Labute approximate surface area is 108 Å². The maximum absolute atomic E-state index is 12.4. The van der Waals surface area contributed by atoms with E-state index in [-0.39, 0.29) is 17.0 Å². The molecule has 1 fully saturated rings. The third kappa shape index (κ3) is 2.55. The molecule has 0 amide bonds. The Morgan fingerprint density at radius 3 is 2.72 bits per heavy atom. The lowest BCUT2D eigenvalue weighted by molar-refractivity contribution is 0.252. The van der Waals surface area contributed by atoms with Crippen LogP contribution in [-0.2, 0) is 10.0 Å². The zero-order valence-electron chi connectivity index (χ0n) is 10.5. The highest BCUT2D eigenvalue weighted by Gasteiger charge is 2.33. The van der Waals surface area contributed by atoms with Gasteiger partial charge >= 0.3 is 0 Å². The summed E-state index contributed by atoms with van der Waals surface area (Å²) in [5.41, 5.74) is 6.03. The molecule has 1 aliphatic rings. The molecule has 18 heavy (non-hydrogen) atoms. The molecule has 2 N–H and O–H groups in total. The van der Waals surface area contributed by atoms with Crippen LogP contribution in [0.15, 0.2) is 29.4 Å². The Morgan fingerprint density at radius 2 is 2.11 bits per heavy atom. The summed E-state index contributed by atoms with van der Waals surface area (Å²) < 4.78 is 26.2. The minimum atomic E-state index is -3.48. The Balaban J connectivity index is 2.25. The number of nitrogens with zero attached hydrogens (tertiary/aromatic N) is 2. The van der Waals surface area contributed by atoms with Crippen molar-refractivity contribution in [2.45, 2.75) is 42.7 Å². The number of sulfonamides is 1. The Kier molecular flexibility index (Phi) is 3.99. The summed E-state index contributed by atoms with van der Waals surface area (Å²) in [5.74, 6) is 0. The molecule has 100 valence electrons. The summed E-state index contributed by atoms with van der Waals surface area (Å²) >= 11 is 0. The number of pyridine rings is 1. The highest BCUT2D eigenvalue weighted by molar-refractivity contribution is 7.89. The molecular formula is C12H19N3O2S. The van der Waals surface area contributed by atoms with Crippen molar-refractivity contribution in [3.05, 3.63) is 24.5 Å². The first-order chi connectivity index (χ1) is 8.53. The van der Waals surface area contributed by atoms with Crippen LogP contribution in [0.25, 0.3) is 0 Å². The molecule has 0 aromatic carbocycles. The molecule has 1 aliphatic carbocycles. The Hall–Kier alpha value is -0.980. The summed E-state index contributed by atoms with van der Waals surface area (Å²) in [6.45, 7) is 0. The molecule has 0 spiro atoms. The number of nitrogens with two attached hydrogens (primary N) is 1. The van der Waals surface area contributed by atoms with E-state index in [1.165, 1.54) is 10.5 Å². The Morgan fingerprint density at radius 1 is 1.39 bits per heavy atom. The van der Waals surface area contributed by atoms with Gasteiger partial charge in [0.2, 0.25) is 10.0 Å². The van der Waals surface area contributed by atoms with Crippen LogP contribution in [0.1, 0.15) is 25.7 Å². The SMILES string of the molecule is CN(C1CCCCC1N)S(=O)(=O)c1cccnc1. The lowest BCUT2D eigenvalue weighted by Gasteiger charge is -2.35. The van der Waals surface area contributed by atoms with Crippen molar-refractivity contribution >= 4 is 10.0 Å². The summed E-state index contributed by atoms with van der Waals surface area (Å²) in [6.07, 6.45) is 6.77. The number of hydrogen-bond donors (Lipinski definition) is 1. The molecule has 2 rings (SSSR count). The van der Waals surface area contributed by atoms with E-state index in [9.17, 15) is 8.42 Å². The van der Waals surface area contributed by atoms with Gasteiger partial charge in [0.15, 0.2) is 0 Å². The van der Waals surface area contributed by atoms with Gasteiger partial charge in [0.05, 0.1) is 0 Å². The highest BCUT2D eigenvalue weighted by Crippen LogP contribution is 2.25. The first-order valence-corrected chi connectivity index (χ1v) is 7.61. The molecule has 1 saturated carbocycles. The third-order valence-electron chi connectivity index (χ3n) is 3.56. The second kappa shape index (κ2) is 5.34. The minimum absolute atomic E-state index is 0.0739. The summed E-state index contributed by atoms with van der Waals surface area (Å²) in [5, 5.41) is 0. The van der Waals surface area contributed by atoms with Crippen molar-refractivity contribution < 1.29 is 8.42 Å². The summed E-state index contributed by atoms with van der Waals surface area (Å²) in [6, 6.07) is 3.01. The fraction of sp³-hybridized carbons (Fsp3) is 0.583. The van der Waals surface area contributed by atoms with Crippen molar-refractivity contribution in [2.24, 2.45) is 5.73 Å². The second-order valence-electron chi connectivity index (χ2n) is 4.73. The van der Waals surface area contributed by atoms with Gasteiger partial charge in [0, 0.05) is 31.5 Å². The van der Waals surface area contributed by atoms with Gasteiger partial charge in [-0.25, -0.2) is 8.42 Å². The van der Waals surface area contributed by atoms with E-state index in [2.05, 4.69) is 4.98 Å². The van der Waals surface area contributed by atoms with Crippen LogP contribution in [-0.4, -0.2) is 36.8 Å². The highest BCUT2D eigenvalue weighted by atomic mass is 32.2.